The van der Waals surface area contributed by atoms with Gasteiger partial charge in [0.05, 0.1) is 20.8 Å². The normalized spacial score (nSPS) is 11.5. The summed E-state index contributed by atoms with van der Waals surface area (Å²) < 4.78 is 15.9. The predicted octanol–water partition coefficient (Wildman–Crippen LogP) is 4.31. The monoisotopic (exact) mass is 353 g/mol. The molecule has 0 radical (unpaired) electrons. The second kappa shape index (κ2) is 9.76. The van der Waals surface area contributed by atoms with Gasteiger partial charge < -0.3 is 14.2 Å². The molecule has 26 heavy (non-hydrogen) atoms. The summed E-state index contributed by atoms with van der Waals surface area (Å²) in [6, 6.07) is 14.5. The van der Waals surface area contributed by atoms with Crippen molar-refractivity contribution in [1.29, 1.82) is 0 Å². The van der Waals surface area contributed by atoms with Gasteiger partial charge in [-0.15, -0.1) is 0 Å². The van der Waals surface area contributed by atoms with E-state index in [4.69, 9.17) is 19.7 Å². The molecule has 0 aromatic heterocycles. The molecule has 7 nitrogen and oxygen atoms in total. The van der Waals surface area contributed by atoms with E-state index in [1.807, 2.05) is 30.3 Å². The molecule has 0 spiro atoms. The summed E-state index contributed by atoms with van der Waals surface area (Å²) in [5, 5.41) is 3.53. The SMILES string of the molecule is COc1ccc([C@@H](CN=[N+]=[N-])OC(=O)/C=C/c2ccccc2)cc1OC. The summed E-state index contributed by atoms with van der Waals surface area (Å²) in [6.07, 6.45) is 2.25. The van der Waals surface area contributed by atoms with E-state index < -0.39 is 12.1 Å². The summed E-state index contributed by atoms with van der Waals surface area (Å²) in [4.78, 5) is 14.9. The zero-order chi connectivity index (χ0) is 18.8. The highest BCUT2D eigenvalue weighted by molar-refractivity contribution is 5.87. The molecule has 0 aliphatic rings. The maximum atomic E-state index is 12.1. The predicted molar refractivity (Wildman–Crippen MR) is 97.9 cm³/mol. The minimum Gasteiger partial charge on any atom is -0.493 e. The molecule has 0 heterocycles. The zero-order valence-electron chi connectivity index (χ0n) is 14.5. The number of nitrogens with zero attached hydrogens (tertiary/aromatic N) is 3. The summed E-state index contributed by atoms with van der Waals surface area (Å²) in [6.45, 7) is -0.0309. The molecule has 2 aromatic rings. The average molecular weight is 353 g/mol. The van der Waals surface area contributed by atoms with Crippen LogP contribution in [0.5, 0.6) is 11.5 Å². The molecule has 2 aromatic carbocycles. The highest BCUT2D eigenvalue weighted by atomic mass is 16.5. The van der Waals surface area contributed by atoms with Gasteiger partial charge in [0, 0.05) is 11.0 Å². The number of benzene rings is 2. The number of ether oxygens (including phenoxy) is 3. The van der Waals surface area contributed by atoms with Crippen molar-refractivity contribution in [2.75, 3.05) is 20.8 Å². The molecule has 0 unspecified atom stereocenters. The van der Waals surface area contributed by atoms with E-state index in [1.165, 1.54) is 20.3 Å². The van der Waals surface area contributed by atoms with Crippen molar-refractivity contribution in [2.24, 2.45) is 5.11 Å². The van der Waals surface area contributed by atoms with Gasteiger partial charge in [-0.2, -0.15) is 0 Å². The van der Waals surface area contributed by atoms with Gasteiger partial charge in [0.25, 0.3) is 0 Å². The number of methoxy groups -OCH3 is 2. The minimum absolute atomic E-state index is 0.0309. The zero-order valence-corrected chi connectivity index (χ0v) is 14.5. The first-order valence-electron chi connectivity index (χ1n) is 7.84. The van der Waals surface area contributed by atoms with Gasteiger partial charge >= 0.3 is 5.97 Å². The fraction of sp³-hybridized carbons (Fsp3) is 0.211. The summed E-state index contributed by atoms with van der Waals surface area (Å²) in [7, 11) is 3.04. The number of rotatable bonds is 8. The van der Waals surface area contributed by atoms with E-state index in [9.17, 15) is 4.79 Å². The molecule has 0 saturated heterocycles. The highest BCUT2D eigenvalue weighted by Gasteiger charge is 2.17. The molecule has 0 saturated carbocycles. The van der Waals surface area contributed by atoms with Gasteiger partial charge in [-0.25, -0.2) is 4.79 Å². The molecule has 0 fully saturated rings. The van der Waals surface area contributed by atoms with Crippen LogP contribution in [-0.2, 0) is 9.53 Å². The lowest BCUT2D eigenvalue weighted by molar-refractivity contribution is -0.142. The Labute approximate surface area is 151 Å². The standard InChI is InChI=1S/C19H19N3O4/c1-24-16-10-9-15(12-17(16)25-2)18(13-21-22-20)26-19(23)11-8-14-6-4-3-5-7-14/h3-12,18H,13H2,1-2H3/b11-8+/t18-/m1/s1. The smallest absolute Gasteiger partial charge is 0.331 e. The summed E-state index contributed by atoms with van der Waals surface area (Å²) in [5.41, 5.74) is 10.1. The van der Waals surface area contributed by atoms with Crippen LogP contribution in [0.3, 0.4) is 0 Å². The number of carbonyl (C=O) groups is 1. The van der Waals surface area contributed by atoms with Crippen LogP contribution in [0, 0.1) is 0 Å². The lowest BCUT2D eigenvalue weighted by Gasteiger charge is -2.17. The van der Waals surface area contributed by atoms with Crippen LogP contribution in [-0.4, -0.2) is 26.7 Å². The van der Waals surface area contributed by atoms with Gasteiger partial charge in [-0.1, -0.05) is 41.5 Å². The van der Waals surface area contributed by atoms with Gasteiger partial charge in [-0.05, 0) is 34.9 Å². The second-order valence-corrected chi connectivity index (χ2v) is 5.20. The minimum atomic E-state index is -0.737. The fourth-order valence-electron chi connectivity index (χ4n) is 2.28. The summed E-state index contributed by atoms with van der Waals surface area (Å²) >= 11 is 0. The fourth-order valence-corrected chi connectivity index (χ4v) is 2.28. The third-order valence-corrected chi connectivity index (χ3v) is 3.56. The van der Waals surface area contributed by atoms with Crippen molar-refractivity contribution in [3.63, 3.8) is 0 Å². The molecule has 0 bridgehead atoms. The second-order valence-electron chi connectivity index (χ2n) is 5.20. The van der Waals surface area contributed by atoms with E-state index in [2.05, 4.69) is 10.0 Å². The third kappa shape index (κ3) is 5.29. The van der Waals surface area contributed by atoms with Crippen molar-refractivity contribution < 1.29 is 19.0 Å². The highest BCUT2D eigenvalue weighted by Crippen LogP contribution is 2.31. The Morgan fingerprint density at radius 1 is 1.15 bits per heavy atom. The van der Waals surface area contributed by atoms with Gasteiger partial charge in [0.2, 0.25) is 0 Å². The maximum Gasteiger partial charge on any atom is 0.331 e. The first-order chi connectivity index (χ1) is 12.7. The Morgan fingerprint density at radius 3 is 2.54 bits per heavy atom. The van der Waals surface area contributed by atoms with Crippen LogP contribution in [0.1, 0.15) is 17.2 Å². The molecule has 1 atom stereocenters. The molecule has 0 amide bonds. The van der Waals surface area contributed by atoms with Crippen molar-refractivity contribution >= 4 is 12.0 Å². The van der Waals surface area contributed by atoms with Gasteiger partial charge in [0.1, 0.15) is 6.10 Å². The molecule has 7 heteroatoms. The number of azide groups is 1. The number of hydrogen-bond donors (Lipinski definition) is 0. The van der Waals surface area contributed by atoms with Crippen LogP contribution in [0.25, 0.3) is 16.5 Å². The van der Waals surface area contributed by atoms with E-state index in [1.54, 1.807) is 24.3 Å². The van der Waals surface area contributed by atoms with Crippen LogP contribution in [0.4, 0.5) is 0 Å². The van der Waals surface area contributed by atoms with Crippen molar-refractivity contribution in [2.45, 2.75) is 6.10 Å². The molecule has 2 rings (SSSR count). The van der Waals surface area contributed by atoms with Gasteiger partial charge in [-0.3, -0.25) is 0 Å². The molecular formula is C19H19N3O4. The molecule has 0 N–H and O–H groups in total. The van der Waals surface area contributed by atoms with Crippen LogP contribution in [0.15, 0.2) is 59.7 Å². The van der Waals surface area contributed by atoms with E-state index in [-0.39, 0.29) is 6.54 Å². The van der Waals surface area contributed by atoms with Crippen LogP contribution >= 0.6 is 0 Å². The summed E-state index contributed by atoms with van der Waals surface area (Å²) in [5.74, 6) is 0.502. The lowest BCUT2D eigenvalue weighted by Crippen LogP contribution is -2.12. The Hall–Kier alpha value is -3.44. The first-order valence-corrected chi connectivity index (χ1v) is 7.84. The maximum absolute atomic E-state index is 12.1. The average Bonchev–Trinajstić information content (AvgIpc) is 2.69. The van der Waals surface area contributed by atoms with Crippen molar-refractivity contribution in [1.82, 2.24) is 0 Å². The third-order valence-electron chi connectivity index (χ3n) is 3.56. The van der Waals surface area contributed by atoms with Crippen LogP contribution in [0.2, 0.25) is 0 Å². The van der Waals surface area contributed by atoms with E-state index >= 15 is 0 Å². The van der Waals surface area contributed by atoms with E-state index in [0.717, 1.165) is 5.56 Å². The Balaban J connectivity index is 2.17. The Bertz CT molecular complexity index is 815. The number of esters is 1. The first kappa shape index (κ1) is 18.9. The largest absolute Gasteiger partial charge is 0.493 e. The van der Waals surface area contributed by atoms with Crippen molar-refractivity contribution in [3.8, 4) is 11.5 Å². The Kier molecular flexibility index (Phi) is 7.09. The molecule has 134 valence electrons. The Morgan fingerprint density at radius 2 is 1.88 bits per heavy atom. The van der Waals surface area contributed by atoms with Crippen LogP contribution < -0.4 is 9.47 Å². The lowest BCUT2D eigenvalue weighted by atomic mass is 10.1. The molecular weight excluding hydrogens is 334 g/mol. The van der Waals surface area contributed by atoms with Gasteiger partial charge in [0.15, 0.2) is 11.5 Å². The number of carbonyl (C=O) groups excluding carboxylic acids is 1. The molecule has 0 aliphatic carbocycles. The van der Waals surface area contributed by atoms with E-state index in [0.29, 0.717) is 17.1 Å². The topological polar surface area (TPSA) is 93.5 Å². The number of hydrogen-bond acceptors (Lipinski definition) is 5. The quantitative estimate of drug-likeness (QED) is 0.232. The molecule has 0 aliphatic heterocycles. The van der Waals surface area contributed by atoms with Crippen molar-refractivity contribution in [3.05, 3.63) is 76.2 Å².